The Morgan fingerprint density at radius 3 is 2.50 bits per heavy atom. The van der Waals surface area contributed by atoms with E-state index in [0.717, 1.165) is 25.7 Å². The van der Waals surface area contributed by atoms with Crippen LogP contribution in [-0.2, 0) is 16.6 Å². The predicted molar refractivity (Wildman–Crippen MR) is 107 cm³/mol. The van der Waals surface area contributed by atoms with Crippen molar-refractivity contribution in [2.24, 2.45) is 0 Å². The SMILES string of the molecule is O=C(OCCO)N1C2CCC1CC(N1CCC3(CCc4ccccc43)CC1)C2. The molecule has 2 atom stereocenters. The second-order valence-corrected chi connectivity index (χ2v) is 9.23. The zero-order valence-corrected chi connectivity index (χ0v) is 16.7. The van der Waals surface area contributed by atoms with E-state index in [1.165, 1.54) is 38.8 Å². The Morgan fingerprint density at radius 1 is 1.07 bits per heavy atom. The number of ether oxygens (including phenoxy) is 1. The van der Waals surface area contributed by atoms with Crippen molar-refractivity contribution in [2.75, 3.05) is 26.3 Å². The van der Waals surface area contributed by atoms with Crippen LogP contribution in [0, 0.1) is 0 Å². The van der Waals surface area contributed by atoms with Crippen molar-refractivity contribution in [3.63, 3.8) is 0 Å². The molecule has 5 heteroatoms. The summed E-state index contributed by atoms with van der Waals surface area (Å²) in [5.74, 6) is 0. The summed E-state index contributed by atoms with van der Waals surface area (Å²) in [7, 11) is 0. The molecular weight excluding hydrogens is 352 g/mol. The summed E-state index contributed by atoms with van der Waals surface area (Å²) in [5, 5.41) is 8.92. The molecule has 0 saturated carbocycles. The van der Waals surface area contributed by atoms with Gasteiger partial charge in [-0.05, 0) is 81.0 Å². The van der Waals surface area contributed by atoms with Gasteiger partial charge in [0.2, 0.25) is 0 Å². The number of fused-ring (bicyclic) bond motifs is 4. The second-order valence-electron chi connectivity index (χ2n) is 9.23. The minimum absolute atomic E-state index is 0.101. The molecule has 152 valence electrons. The lowest BCUT2D eigenvalue weighted by Crippen LogP contribution is -2.55. The van der Waals surface area contributed by atoms with Crippen LogP contribution >= 0.6 is 0 Å². The lowest BCUT2D eigenvalue weighted by Gasteiger charge is -2.47. The third kappa shape index (κ3) is 3.03. The summed E-state index contributed by atoms with van der Waals surface area (Å²) in [6, 6.07) is 10.3. The number of aryl methyl sites for hydroxylation is 1. The highest BCUT2D eigenvalue weighted by Crippen LogP contribution is 2.47. The molecule has 3 fully saturated rings. The fourth-order valence-electron chi connectivity index (χ4n) is 6.55. The Bertz CT molecular complexity index is 714. The molecule has 0 radical (unpaired) electrons. The fraction of sp³-hybridized carbons (Fsp3) is 0.696. The van der Waals surface area contributed by atoms with E-state index >= 15 is 0 Å². The van der Waals surface area contributed by atoms with Gasteiger partial charge in [0.05, 0.1) is 6.61 Å². The average molecular weight is 385 g/mol. The quantitative estimate of drug-likeness (QED) is 0.870. The van der Waals surface area contributed by atoms with Crippen molar-refractivity contribution < 1.29 is 14.6 Å². The van der Waals surface area contributed by atoms with Crippen LogP contribution in [0.2, 0.25) is 0 Å². The van der Waals surface area contributed by atoms with Gasteiger partial charge in [-0.15, -0.1) is 0 Å². The van der Waals surface area contributed by atoms with E-state index in [1.807, 2.05) is 4.90 Å². The van der Waals surface area contributed by atoms with Crippen molar-refractivity contribution in [3.8, 4) is 0 Å². The summed E-state index contributed by atoms with van der Waals surface area (Å²) in [6.45, 7) is 2.38. The largest absolute Gasteiger partial charge is 0.447 e. The van der Waals surface area contributed by atoms with E-state index in [1.54, 1.807) is 11.1 Å². The van der Waals surface area contributed by atoms with Crippen molar-refractivity contribution in [1.29, 1.82) is 0 Å². The van der Waals surface area contributed by atoms with Gasteiger partial charge in [0.15, 0.2) is 0 Å². The summed E-state index contributed by atoms with van der Waals surface area (Å²) in [6.07, 6.45) is 9.25. The van der Waals surface area contributed by atoms with Crippen molar-refractivity contribution in [2.45, 2.75) is 74.9 Å². The third-order valence-corrected chi connectivity index (χ3v) is 7.97. The number of benzene rings is 1. The maximum atomic E-state index is 12.4. The van der Waals surface area contributed by atoms with E-state index in [4.69, 9.17) is 9.84 Å². The number of hydrogen-bond donors (Lipinski definition) is 1. The zero-order chi connectivity index (χ0) is 19.1. The standard InChI is InChI=1S/C23H32N2O3/c26-13-14-28-22(27)25-18-5-6-19(25)16-20(15-18)24-11-9-23(10-12-24)8-7-17-3-1-2-4-21(17)23/h1-4,18-20,26H,5-16H2. The smallest absolute Gasteiger partial charge is 0.410 e. The van der Waals surface area contributed by atoms with E-state index < -0.39 is 0 Å². The van der Waals surface area contributed by atoms with Crippen LogP contribution in [0.5, 0.6) is 0 Å². The van der Waals surface area contributed by atoms with Gasteiger partial charge in [0, 0.05) is 18.1 Å². The number of carbonyl (C=O) groups is 1. The van der Waals surface area contributed by atoms with Crippen LogP contribution in [0.4, 0.5) is 4.79 Å². The molecule has 1 aromatic rings. The van der Waals surface area contributed by atoms with Crippen LogP contribution in [-0.4, -0.2) is 65.4 Å². The zero-order valence-electron chi connectivity index (χ0n) is 16.7. The Morgan fingerprint density at radius 2 is 1.79 bits per heavy atom. The van der Waals surface area contributed by atoms with Gasteiger partial charge < -0.3 is 19.6 Å². The van der Waals surface area contributed by atoms with Crippen molar-refractivity contribution in [1.82, 2.24) is 9.80 Å². The molecule has 1 spiro atoms. The Balaban J connectivity index is 1.22. The van der Waals surface area contributed by atoms with Gasteiger partial charge in [-0.25, -0.2) is 4.79 Å². The van der Waals surface area contributed by atoms with Gasteiger partial charge in [-0.2, -0.15) is 0 Å². The number of amides is 1. The molecule has 0 aromatic heterocycles. The fourth-order valence-corrected chi connectivity index (χ4v) is 6.55. The molecule has 5 rings (SSSR count). The number of nitrogens with zero attached hydrogens (tertiary/aromatic N) is 2. The van der Waals surface area contributed by atoms with E-state index in [2.05, 4.69) is 29.2 Å². The maximum Gasteiger partial charge on any atom is 0.410 e. The molecule has 1 aliphatic carbocycles. The molecule has 3 aliphatic heterocycles. The lowest BCUT2D eigenvalue weighted by atomic mass is 9.73. The van der Waals surface area contributed by atoms with Crippen LogP contribution in [0.25, 0.3) is 0 Å². The van der Waals surface area contributed by atoms with E-state index in [0.29, 0.717) is 23.5 Å². The number of likely N-dealkylation sites (tertiary alicyclic amines) is 1. The monoisotopic (exact) mass is 384 g/mol. The number of piperidine rings is 2. The molecule has 28 heavy (non-hydrogen) atoms. The molecular formula is C23H32N2O3. The number of rotatable bonds is 3. The molecule has 3 saturated heterocycles. The topological polar surface area (TPSA) is 53.0 Å². The molecule has 1 N–H and O–H groups in total. The second kappa shape index (κ2) is 7.34. The number of hydrogen-bond acceptors (Lipinski definition) is 4. The summed E-state index contributed by atoms with van der Waals surface area (Å²) >= 11 is 0. The van der Waals surface area contributed by atoms with Gasteiger partial charge in [0.1, 0.15) is 6.61 Å². The first kappa shape index (κ1) is 18.4. The molecule has 5 nitrogen and oxygen atoms in total. The van der Waals surface area contributed by atoms with Crippen molar-refractivity contribution in [3.05, 3.63) is 35.4 Å². The molecule has 2 bridgehead atoms. The number of aliphatic hydroxyl groups excluding tert-OH is 1. The minimum Gasteiger partial charge on any atom is -0.447 e. The molecule has 4 aliphatic rings. The Hall–Kier alpha value is -1.59. The van der Waals surface area contributed by atoms with Gasteiger partial charge in [-0.1, -0.05) is 24.3 Å². The molecule has 1 amide bonds. The molecule has 1 aromatic carbocycles. The minimum atomic E-state index is -0.222. The van der Waals surface area contributed by atoms with Crippen LogP contribution in [0.15, 0.2) is 24.3 Å². The molecule has 2 unspecified atom stereocenters. The first-order valence-corrected chi connectivity index (χ1v) is 11.1. The summed E-state index contributed by atoms with van der Waals surface area (Å²) in [4.78, 5) is 17.1. The van der Waals surface area contributed by atoms with Gasteiger partial charge in [0.25, 0.3) is 0 Å². The van der Waals surface area contributed by atoms with Gasteiger partial charge >= 0.3 is 6.09 Å². The Kier molecular flexibility index (Phi) is 4.84. The lowest BCUT2D eigenvalue weighted by molar-refractivity contribution is 0.0214. The predicted octanol–water partition coefficient (Wildman–Crippen LogP) is 3.09. The van der Waals surface area contributed by atoms with Crippen molar-refractivity contribution >= 4 is 6.09 Å². The van der Waals surface area contributed by atoms with E-state index in [-0.39, 0.29) is 19.3 Å². The normalized spacial score (nSPS) is 31.2. The number of carbonyl (C=O) groups excluding carboxylic acids is 1. The van der Waals surface area contributed by atoms with E-state index in [9.17, 15) is 4.79 Å². The van der Waals surface area contributed by atoms with Gasteiger partial charge in [-0.3, -0.25) is 0 Å². The van der Waals surface area contributed by atoms with Crippen LogP contribution in [0.1, 0.15) is 56.1 Å². The Labute approximate surface area is 167 Å². The highest BCUT2D eigenvalue weighted by molar-refractivity contribution is 5.69. The highest BCUT2D eigenvalue weighted by atomic mass is 16.6. The first-order chi connectivity index (χ1) is 13.7. The van der Waals surface area contributed by atoms with Crippen LogP contribution in [0.3, 0.4) is 0 Å². The third-order valence-electron chi connectivity index (χ3n) is 7.97. The van der Waals surface area contributed by atoms with Crippen LogP contribution < -0.4 is 0 Å². The summed E-state index contributed by atoms with van der Waals surface area (Å²) in [5.41, 5.74) is 3.61. The summed E-state index contributed by atoms with van der Waals surface area (Å²) < 4.78 is 5.21. The maximum absolute atomic E-state index is 12.4. The molecule has 3 heterocycles. The number of aliphatic hydroxyl groups is 1. The average Bonchev–Trinajstić information content (AvgIpc) is 3.21. The first-order valence-electron chi connectivity index (χ1n) is 11.1. The highest BCUT2D eigenvalue weighted by Gasteiger charge is 2.47.